The number of Topliss-reactive ketones (excluding diaryl/α,β-unsaturated/α-hetero) is 1. The Morgan fingerprint density at radius 1 is 1.06 bits per heavy atom. The van der Waals surface area contributed by atoms with E-state index in [0.29, 0.717) is 5.78 Å². The van der Waals surface area contributed by atoms with Gasteiger partial charge in [-0.05, 0) is 40.2 Å². The van der Waals surface area contributed by atoms with Crippen LogP contribution in [-0.4, -0.2) is 28.8 Å². The van der Waals surface area contributed by atoms with Crippen LogP contribution in [0.15, 0.2) is 0 Å². The summed E-state index contributed by atoms with van der Waals surface area (Å²) in [6.45, 7) is 13.8. The highest BCUT2D eigenvalue weighted by molar-refractivity contribution is 5.88. The molecule has 0 aromatic heterocycles. The highest BCUT2D eigenvalue weighted by Crippen LogP contribution is 2.30. The van der Waals surface area contributed by atoms with Crippen LogP contribution < -0.4 is 0 Å². The van der Waals surface area contributed by atoms with Gasteiger partial charge < -0.3 is 0 Å². The molecule has 0 saturated carbocycles. The zero-order chi connectivity index (χ0) is 12.6. The molecule has 1 heterocycles. The first-order chi connectivity index (χ1) is 7.14. The molecule has 0 spiro atoms. The Morgan fingerprint density at radius 2 is 1.62 bits per heavy atom. The summed E-state index contributed by atoms with van der Waals surface area (Å²) in [6.07, 6.45) is 3.46. The number of hydrogen-bond donors (Lipinski definition) is 0. The molecular formula is C14H27NO. The SMILES string of the molecule is CC(C)(C)C(=O)[C@H]1CCCCN1C(C)(C)C. The van der Waals surface area contributed by atoms with Crippen molar-refractivity contribution in [3.05, 3.63) is 0 Å². The Labute approximate surface area is 100 Å². The number of nitrogens with zero attached hydrogens (tertiary/aromatic N) is 1. The van der Waals surface area contributed by atoms with E-state index in [-0.39, 0.29) is 17.0 Å². The molecule has 94 valence electrons. The molecule has 0 radical (unpaired) electrons. The topological polar surface area (TPSA) is 20.3 Å². The molecule has 1 rings (SSSR count). The van der Waals surface area contributed by atoms with Crippen LogP contribution in [-0.2, 0) is 4.79 Å². The number of rotatable bonds is 1. The predicted octanol–water partition coefficient (Wildman–Crippen LogP) is 3.25. The largest absolute Gasteiger partial charge is 0.297 e. The molecule has 0 aromatic rings. The molecule has 0 N–H and O–H groups in total. The lowest BCUT2D eigenvalue weighted by Gasteiger charge is -2.45. The smallest absolute Gasteiger partial charge is 0.155 e. The van der Waals surface area contributed by atoms with Gasteiger partial charge >= 0.3 is 0 Å². The zero-order valence-corrected chi connectivity index (χ0v) is 11.8. The van der Waals surface area contributed by atoms with Crippen molar-refractivity contribution in [3.63, 3.8) is 0 Å². The number of carbonyl (C=O) groups is 1. The van der Waals surface area contributed by atoms with Gasteiger partial charge in [-0.15, -0.1) is 0 Å². The number of ketones is 1. The number of piperidine rings is 1. The molecule has 0 aromatic carbocycles. The lowest BCUT2D eigenvalue weighted by Crippen LogP contribution is -2.55. The third-order valence-corrected chi connectivity index (χ3v) is 3.41. The minimum atomic E-state index is -0.217. The third-order valence-electron chi connectivity index (χ3n) is 3.41. The summed E-state index contributed by atoms with van der Waals surface area (Å²) in [6, 6.07) is 0.133. The average molecular weight is 225 g/mol. The second-order valence-corrected chi connectivity index (χ2v) is 6.99. The van der Waals surface area contributed by atoms with Gasteiger partial charge in [-0.1, -0.05) is 27.2 Å². The van der Waals surface area contributed by atoms with E-state index in [1.807, 2.05) is 20.8 Å². The number of likely N-dealkylation sites (tertiary alicyclic amines) is 1. The Morgan fingerprint density at radius 3 is 2.06 bits per heavy atom. The van der Waals surface area contributed by atoms with Gasteiger partial charge in [0.05, 0.1) is 6.04 Å². The van der Waals surface area contributed by atoms with Gasteiger partial charge in [-0.3, -0.25) is 9.69 Å². The molecule has 0 bridgehead atoms. The van der Waals surface area contributed by atoms with Crippen LogP contribution in [0.4, 0.5) is 0 Å². The van der Waals surface area contributed by atoms with Crippen LogP contribution in [0.3, 0.4) is 0 Å². The standard InChI is InChI=1S/C14H27NO/c1-13(2,3)12(16)11-9-7-8-10-15(11)14(4,5)6/h11H,7-10H2,1-6H3/t11-/m1/s1. The van der Waals surface area contributed by atoms with Crippen LogP contribution in [0.5, 0.6) is 0 Å². The van der Waals surface area contributed by atoms with Crippen molar-refractivity contribution in [1.29, 1.82) is 0 Å². The molecule has 1 saturated heterocycles. The van der Waals surface area contributed by atoms with Crippen molar-refractivity contribution < 1.29 is 4.79 Å². The van der Waals surface area contributed by atoms with Gasteiger partial charge in [-0.25, -0.2) is 0 Å². The monoisotopic (exact) mass is 225 g/mol. The van der Waals surface area contributed by atoms with Crippen molar-refractivity contribution in [2.75, 3.05) is 6.54 Å². The second-order valence-electron chi connectivity index (χ2n) is 6.99. The van der Waals surface area contributed by atoms with E-state index in [4.69, 9.17) is 0 Å². The van der Waals surface area contributed by atoms with Crippen LogP contribution in [0.25, 0.3) is 0 Å². The average Bonchev–Trinajstić information content (AvgIpc) is 2.14. The first kappa shape index (κ1) is 13.7. The highest BCUT2D eigenvalue weighted by Gasteiger charge is 2.39. The first-order valence-corrected chi connectivity index (χ1v) is 6.45. The minimum Gasteiger partial charge on any atom is -0.297 e. The summed E-state index contributed by atoms with van der Waals surface area (Å²) in [5.41, 5.74) is -0.114. The molecule has 1 aliphatic rings. The van der Waals surface area contributed by atoms with E-state index in [0.717, 1.165) is 13.0 Å². The number of hydrogen-bond acceptors (Lipinski definition) is 2. The maximum atomic E-state index is 12.4. The molecule has 1 aliphatic heterocycles. The van der Waals surface area contributed by atoms with Gasteiger partial charge in [0.1, 0.15) is 0 Å². The van der Waals surface area contributed by atoms with Gasteiger partial charge in [0.2, 0.25) is 0 Å². The molecule has 1 atom stereocenters. The third kappa shape index (κ3) is 3.07. The molecule has 1 fully saturated rings. The molecular weight excluding hydrogens is 198 g/mol. The van der Waals surface area contributed by atoms with Crippen molar-refractivity contribution in [1.82, 2.24) is 4.90 Å². The van der Waals surface area contributed by atoms with Gasteiger partial charge in [0.15, 0.2) is 5.78 Å². The zero-order valence-electron chi connectivity index (χ0n) is 11.8. The van der Waals surface area contributed by atoms with Crippen LogP contribution >= 0.6 is 0 Å². The Hall–Kier alpha value is -0.370. The summed E-state index contributed by atoms with van der Waals surface area (Å²) >= 11 is 0. The van der Waals surface area contributed by atoms with Crippen molar-refractivity contribution in [3.8, 4) is 0 Å². The van der Waals surface area contributed by atoms with Crippen molar-refractivity contribution >= 4 is 5.78 Å². The maximum Gasteiger partial charge on any atom is 0.155 e. The fourth-order valence-electron chi connectivity index (χ4n) is 2.51. The molecule has 16 heavy (non-hydrogen) atoms. The van der Waals surface area contributed by atoms with E-state index in [1.165, 1.54) is 12.8 Å². The van der Waals surface area contributed by atoms with E-state index >= 15 is 0 Å². The fraction of sp³-hybridized carbons (Fsp3) is 0.929. The highest BCUT2D eigenvalue weighted by atomic mass is 16.1. The quantitative estimate of drug-likeness (QED) is 0.682. The Balaban J connectivity index is 2.87. The predicted molar refractivity (Wildman–Crippen MR) is 68.6 cm³/mol. The first-order valence-electron chi connectivity index (χ1n) is 6.45. The number of carbonyl (C=O) groups excluding carboxylic acids is 1. The van der Waals surface area contributed by atoms with Gasteiger partial charge in [0, 0.05) is 11.0 Å². The van der Waals surface area contributed by atoms with Crippen LogP contribution in [0.1, 0.15) is 60.8 Å². The molecule has 0 unspecified atom stereocenters. The summed E-state index contributed by atoms with van der Waals surface area (Å²) in [7, 11) is 0. The van der Waals surface area contributed by atoms with Crippen molar-refractivity contribution in [2.24, 2.45) is 5.41 Å². The Bertz CT molecular complexity index is 257. The summed E-state index contributed by atoms with van der Waals surface area (Å²) < 4.78 is 0. The molecule has 0 aliphatic carbocycles. The molecule has 2 nitrogen and oxygen atoms in total. The van der Waals surface area contributed by atoms with Gasteiger partial charge in [-0.2, -0.15) is 0 Å². The lowest BCUT2D eigenvalue weighted by molar-refractivity contribution is -0.135. The molecule has 0 amide bonds. The van der Waals surface area contributed by atoms with E-state index in [9.17, 15) is 4.79 Å². The lowest BCUT2D eigenvalue weighted by atomic mass is 9.81. The summed E-state index contributed by atoms with van der Waals surface area (Å²) in [5, 5.41) is 0. The maximum absolute atomic E-state index is 12.4. The van der Waals surface area contributed by atoms with E-state index < -0.39 is 0 Å². The fourth-order valence-corrected chi connectivity index (χ4v) is 2.51. The molecule has 2 heteroatoms. The minimum absolute atomic E-state index is 0.103. The summed E-state index contributed by atoms with van der Waals surface area (Å²) in [5.74, 6) is 0.405. The van der Waals surface area contributed by atoms with E-state index in [2.05, 4.69) is 25.7 Å². The Kier molecular flexibility index (Phi) is 3.83. The van der Waals surface area contributed by atoms with Crippen LogP contribution in [0, 0.1) is 5.41 Å². The summed E-state index contributed by atoms with van der Waals surface area (Å²) in [4.78, 5) is 14.8. The van der Waals surface area contributed by atoms with Crippen molar-refractivity contribution in [2.45, 2.75) is 72.4 Å². The van der Waals surface area contributed by atoms with Gasteiger partial charge in [0.25, 0.3) is 0 Å². The van der Waals surface area contributed by atoms with Crippen LogP contribution in [0.2, 0.25) is 0 Å². The normalized spacial score (nSPS) is 24.5. The second kappa shape index (κ2) is 4.48. The van der Waals surface area contributed by atoms with E-state index in [1.54, 1.807) is 0 Å².